The molecule has 0 saturated heterocycles. The molecule has 1 aliphatic heterocycles. The monoisotopic (exact) mass is 845 g/mol. The summed E-state index contributed by atoms with van der Waals surface area (Å²) in [5, 5.41) is 2.61. The minimum absolute atomic E-state index is 0.155. The van der Waals surface area contributed by atoms with E-state index in [1.807, 2.05) is 33.1 Å². The van der Waals surface area contributed by atoms with Gasteiger partial charge in [-0.25, -0.2) is 9.78 Å². The van der Waals surface area contributed by atoms with Crippen molar-refractivity contribution in [2.24, 2.45) is 17.3 Å². The zero-order chi connectivity index (χ0) is 40.4. The van der Waals surface area contributed by atoms with E-state index in [4.69, 9.17) is 53.4 Å². The largest absolute Gasteiger partial charge is 0.508 e. The molecule has 0 bridgehead atoms. The number of rotatable bonds is 9. The van der Waals surface area contributed by atoms with Crippen molar-refractivity contribution in [1.82, 2.24) is 4.98 Å². The van der Waals surface area contributed by atoms with Gasteiger partial charge in [-0.2, -0.15) is 13.2 Å². The van der Waals surface area contributed by atoms with Gasteiger partial charge in [0.05, 0.1) is 29.1 Å². The van der Waals surface area contributed by atoms with Gasteiger partial charge < -0.3 is 18.6 Å². The molecule has 8 nitrogen and oxygen atoms in total. The Labute approximate surface area is 331 Å². The number of alkyl halides is 6. The molecule has 2 rings (SSSR count). The number of ketones is 1. The maximum absolute atomic E-state index is 14.6. The fraction of sp³-hybridized carbons (Fsp3) is 0.676. The molecule has 1 aromatic heterocycles. The van der Waals surface area contributed by atoms with Crippen molar-refractivity contribution in [3.63, 3.8) is 0 Å². The van der Waals surface area contributed by atoms with Gasteiger partial charge in [-0.05, 0) is 62.4 Å². The van der Waals surface area contributed by atoms with Gasteiger partial charge in [-0.1, -0.05) is 101 Å². The normalized spacial score (nSPS) is 26.2. The fourth-order valence-corrected chi connectivity index (χ4v) is 10.0. The van der Waals surface area contributed by atoms with Crippen molar-refractivity contribution in [3.8, 4) is 0 Å². The third-order valence-corrected chi connectivity index (χ3v) is 15.7. The van der Waals surface area contributed by atoms with Crippen LogP contribution in [0.4, 0.5) is 18.0 Å². The molecular weight excluding hydrogens is 794 g/mol. The number of ether oxygens (including phenoxy) is 3. The number of carbonyl (C=O) groups excluding carboxylic acids is 3. The Morgan fingerprint density at radius 3 is 2.25 bits per heavy atom. The van der Waals surface area contributed by atoms with E-state index in [1.165, 1.54) is 17.4 Å². The lowest BCUT2D eigenvalue weighted by Crippen LogP contribution is -2.52. The summed E-state index contributed by atoms with van der Waals surface area (Å²) >= 11 is 18.6. The summed E-state index contributed by atoms with van der Waals surface area (Å²) in [4.78, 5) is 45.7. The number of aryl methyl sites for hydroxylation is 1. The SMILES string of the molecule is CC[Si](CC)(CC)O[C@H]1CC(=O)O[C@H](/C(C)=C/c2csc(C)n2)C/C=C(/C(F)(F)F)C/C=C/C[C@H](C)[C@H](OC(=O)OCC(Cl)(Cl)Cl)[C@@H](C)C(=O)C1(C)C. The van der Waals surface area contributed by atoms with Crippen molar-refractivity contribution in [1.29, 1.82) is 0 Å². The molecule has 0 aliphatic carbocycles. The number of esters is 1. The number of Topliss-reactive ketones (excluding diaryl/α,β-unsaturated/α-hetero) is 1. The van der Waals surface area contributed by atoms with Crippen molar-refractivity contribution in [2.75, 3.05) is 6.61 Å². The van der Waals surface area contributed by atoms with Gasteiger partial charge >= 0.3 is 18.3 Å². The number of cyclic esters (lactones) is 1. The van der Waals surface area contributed by atoms with Gasteiger partial charge in [0.1, 0.15) is 24.6 Å². The summed E-state index contributed by atoms with van der Waals surface area (Å²) in [6, 6.07) is 2.16. The minimum atomic E-state index is -4.66. The van der Waals surface area contributed by atoms with E-state index in [9.17, 15) is 27.6 Å². The first-order chi connectivity index (χ1) is 24.5. The second-order valence-electron chi connectivity index (χ2n) is 14.2. The molecule has 2 heterocycles. The van der Waals surface area contributed by atoms with E-state index in [0.717, 1.165) is 29.2 Å². The van der Waals surface area contributed by atoms with Crippen molar-refractivity contribution >= 4 is 78.4 Å². The van der Waals surface area contributed by atoms with Crippen LogP contribution in [0.1, 0.15) is 91.8 Å². The number of aromatic nitrogens is 1. The average Bonchev–Trinajstić information content (AvgIpc) is 3.48. The summed E-state index contributed by atoms with van der Waals surface area (Å²) in [5.41, 5.74) is -1.03. The topological polar surface area (TPSA) is 101 Å². The Hall–Kier alpha value is -1.90. The van der Waals surface area contributed by atoms with Crippen LogP contribution in [-0.2, 0) is 28.2 Å². The Bertz CT molecular complexity index is 1480. The second kappa shape index (κ2) is 20.3. The van der Waals surface area contributed by atoms with Crippen LogP contribution >= 0.6 is 46.1 Å². The van der Waals surface area contributed by atoms with E-state index in [-0.39, 0.29) is 25.0 Å². The van der Waals surface area contributed by atoms with Crippen LogP contribution in [0.25, 0.3) is 6.08 Å². The van der Waals surface area contributed by atoms with Crippen LogP contribution in [0.3, 0.4) is 0 Å². The molecule has 1 aliphatic rings. The van der Waals surface area contributed by atoms with Gasteiger partial charge in [0.25, 0.3) is 0 Å². The third kappa shape index (κ3) is 14.6. The summed E-state index contributed by atoms with van der Waals surface area (Å²) < 4.78 is 64.5. The van der Waals surface area contributed by atoms with Crippen molar-refractivity contribution in [3.05, 3.63) is 45.5 Å². The van der Waals surface area contributed by atoms with Crippen LogP contribution in [0.15, 0.2) is 34.8 Å². The van der Waals surface area contributed by atoms with Crippen LogP contribution in [0.2, 0.25) is 18.1 Å². The lowest BCUT2D eigenvalue weighted by atomic mass is 9.73. The molecule has 0 N–H and O–H groups in total. The average molecular weight is 847 g/mol. The molecule has 0 radical (unpaired) electrons. The predicted octanol–water partition coefficient (Wildman–Crippen LogP) is 11.5. The standard InChI is InChI=1S/C37H53Cl3F3NO7SSi/c1-10-53(11-2,12-3)51-30-20-31(45)49-29(24(5)19-28-21-52-26(7)44-28)18-17-27(37(41,42)43)16-14-13-15-23(4)32(25(6)33(46)35(30,8)9)50-34(47)48-22-36(38,39)40/h13-14,17,19,21,23,25,29-30,32H,10-12,15-16,18,20,22H2,1-9H3/b14-13+,24-19+,27-17+/t23-,25+,29-,30-,32-/m0/s1. The first-order valence-corrected chi connectivity index (χ1v) is 22.4. The molecule has 0 saturated carbocycles. The van der Waals surface area contributed by atoms with Crippen LogP contribution in [-0.4, -0.2) is 66.1 Å². The fourth-order valence-electron chi connectivity index (χ4n) is 6.31. The van der Waals surface area contributed by atoms with E-state index in [0.29, 0.717) is 11.3 Å². The van der Waals surface area contributed by atoms with Crippen molar-refractivity contribution < 1.29 is 46.2 Å². The number of thiazole rings is 1. The predicted molar refractivity (Wildman–Crippen MR) is 208 cm³/mol. The summed E-state index contributed by atoms with van der Waals surface area (Å²) in [6.07, 6.45) is -4.20. The van der Waals surface area contributed by atoms with E-state index < -0.39 is 84.6 Å². The zero-order valence-electron chi connectivity index (χ0n) is 31.9. The molecule has 0 amide bonds. The van der Waals surface area contributed by atoms with E-state index in [1.54, 1.807) is 46.8 Å². The Balaban J connectivity index is 2.72. The number of nitrogens with zero attached hydrogens (tertiary/aromatic N) is 1. The quantitative estimate of drug-likeness (QED) is 0.105. The van der Waals surface area contributed by atoms with Crippen LogP contribution in [0.5, 0.6) is 0 Å². The molecule has 0 spiro atoms. The highest BCUT2D eigenvalue weighted by molar-refractivity contribution is 7.09. The molecule has 53 heavy (non-hydrogen) atoms. The van der Waals surface area contributed by atoms with Crippen LogP contribution in [0, 0.1) is 24.2 Å². The summed E-state index contributed by atoms with van der Waals surface area (Å²) in [5.74, 6) is -2.63. The zero-order valence-corrected chi connectivity index (χ0v) is 36.0. The number of hydrogen-bond acceptors (Lipinski definition) is 9. The highest BCUT2D eigenvalue weighted by Gasteiger charge is 2.48. The number of halogens is 6. The maximum Gasteiger partial charge on any atom is 0.508 e. The molecular formula is C37H53Cl3F3NO7SSi. The van der Waals surface area contributed by atoms with Gasteiger partial charge in [0, 0.05) is 22.8 Å². The maximum atomic E-state index is 14.6. The molecule has 0 fully saturated rings. The van der Waals surface area contributed by atoms with Gasteiger partial charge in [-0.3, -0.25) is 9.59 Å². The highest BCUT2D eigenvalue weighted by Crippen LogP contribution is 2.39. The lowest BCUT2D eigenvalue weighted by molar-refractivity contribution is -0.153. The number of hydrogen-bond donors (Lipinski definition) is 0. The first-order valence-electron chi connectivity index (χ1n) is 17.8. The van der Waals surface area contributed by atoms with E-state index >= 15 is 0 Å². The highest BCUT2D eigenvalue weighted by atomic mass is 35.6. The third-order valence-electron chi connectivity index (χ3n) is 9.92. The van der Waals surface area contributed by atoms with Gasteiger partial charge in [0.2, 0.25) is 3.79 Å². The van der Waals surface area contributed by atoms with Crippen molar-refractivity contribution in [2.45, 2.75) is 134 Å². The smallest absolute Gasteiger partial charge is 0.457 e. The molecule has 1 aromatic rings. The molecule has 0 aromatic carbocycles. The lowest BCUT2D eigenvalue weighted by Gasteiger charge is -2.42. The molecule has 300 valence electrons. The molecule has 0 unspecified atom stereocenters. The Morgan fingerprint density at radius 1 is 1.09 bits per heavy atom. The Morgan fingerprint density at radius 2 is 1.72 bits per heavy atom. The number of carbonyl (C=O) groups is 3. The molecule has 5 atom stereocenters. The Kier molecular flexibility index (Phi) is 18.1. The first kappa shape index (κ1) is 47.2. The second-order valence-corrected chi connectivity index (χ2v) is 22.5. The van der Waals surface area contributed by atoms with Crippen LogP contribution < -0.4 is 0 Å². The summed E-state index contributed by atoms with van der Waals surface area (Å²) in [6.45, 7) is 15.6. The van der Waals surface area contributed by atoms with E-state index in [2.05, 4.69) is 4.98 Å². The number of allylic oxidation sites excluding steroid dienone is 3. The minimum Gasteiger partial charge on any atom is -0.457 e. The summed E-state index contributed by atoms with van der Waals surface area (Å²) in [7, 11) is -2.47. The van der Waals surface area contributed by atoms with Gasteiger partial charge in [0.15, 0.2) is 8.32 Å². The molecule has 16 heteroatoms. The van der Waals surface area contributed by atoms with Gasteiger partial charge in [-0.15, -0.1) is 11.3 Å².